The number of carbonyl (C=O) groups is 4. The van der Waals surface area contributed by atoms with Gasteiger partial charge >= 0.3 is 81.4 Å². The molecule has 19 nitrogen and oxygen atoms in total. The second-order valence-electron chi connectivity index (χ2n) is 8.10. The number of amides is 2. The van der Waals surface area contributed by atoms with Crippen LogP contribution in [0.5, 0.6) is 0 Å². The predicted molar refractivity (Wildman–Crippen MR) is 145 cm³/mol. The maximum absolute atomic E-state index is 13.0. The van der Waals surface area contributed by atoms with Gasteiger partial charge in [-0.15, -0.1) is 16.4 Å². The van der Waals surface area contributed by atoms with Gasteiger partial charge in [-0.3, -0.25) is 18.9 Å². The molecule has 216 valence electrons. The zero-order valence-corrected chi connectivity index (χ0v) is 22.7. The number of nitrogens with zero attached hydrogens (tertiary/aromatic N) is 7. The third-order valence-electron chi connectivity index (χ3n) is 4.88. The van der Waals surface area contributed by atoms with E-state index in [4.69, 9.17) is 15.3 Å². The molecule has 5 N–H and O–H groups in total. The number of aliphatic carboxylic acids is 1. The predicted octanol–water partition coefficient (Wildman–Crippen LogP) is -3.63. The van der Waals surface area contributed by atoms with E-state index in [1.807, 2.05) is 0 Å². The first-order valence-corrected chi connectivity index (χ1v) is 13.7. The molecule has 41 heavy (non-hydrogen) atoms. The van der Waals surface area contributed by atoms with Crippen LogP contribution in [0.4, 0.5) is 5.13 Å². The number of nitrogens with two attached hydrogens (primary N) is 1. The molecule has 1 aliphatic heterocycles. The molecule has 3 heterocycles. The first kappa shape index (κ1) is 37.1. The number of tetrazole rings is 1. The number of oxime groups is 1. The van der Waals surface area contributed by atoms with E-state index in [1.165, 1.54) is 17.1 Å². The monoisotopic (exact) mass is 655 g/mol. The van der Waals surface area contributed by atoms with Gasteiger partial charge in [0.25, 0.3) is 11.8 Å². The van der Waals surface area contributed by atoms with Gasteiger partial charge in [0.2, 0.25) is 10.8 Å². The molecule has 0 aliphatic carbocycles. The van der Waals surface area contributed by atoms with Crippen molar-refractivity contribution in [3.05, 3.63) is 11.1 Å². The molecule has 1 aliphatic rings. The fraction of sp³-hybridized carbons (Fsp3) is 0.471. The molecule has 24 heteroatoms. The Morgan fingerprint density at radius 3 is 2.49 bits per heavy atom. The number of thioether (sulfide) groups is 1. The van der Waals surface area contributed by atoms with Gasteiger partial charge in [0.05, 0.1) is 5.75 Å². The molecule has 0 saturated carbocycles. The summed E-state index contributed by atoms with van der Waals surface area (Å²) in [5.41, 5.74) is 3.02. The summed E-state index contributed by atoms with van der Waals surface area (Å²) in [6.45, 7) is 1.59. The number of carbonyl (C=O) groups excluding carboxylic acids is 3. The van der Waals surface area contributed by atoms with Crippen molar-refractivity contribution in [2.45, 2.75) is 36.7 Å². The van der Waals surface area contributed by atoms with E-state index in [2.05, 4.69) is 31.0 Å². The van der Waals surface area contributed by atoms with Gasteiger partial charge in [-0.25, -0.2) is 18.8 Å². The zero-order valence-electron chi connectivity index (χ0n) is 20.2. The second kappa shape index (κ2) is 15.0. The number of nitrogen functional groups attached to an aromatic ring is 1. The standard InChI is InChI=1S/C17H21N9O10S3.2Na.2H/c1-17(2,14(30)31)36-22-10(7-5-37-15(18)19-7)12(28)20-11-8(26(13(11)29)39(32,33)34)4-35-9(27)6-38-16-21-23-24-25(16)3;;;;/h5,8,11H,4,6H2,1-3H3,(H2,18,19)(H,20,28)(H,30,31)(H,32,33,34);;;;/b22-10+;;;;/t8-,11+;;;;/m0..../s1. The molecule has 2 aromatic rings. The Morgan fingerprint density at radius 2 is 1.98 bits per heavy atom. The first-order valence-electron chi connectivity index (χ1n) is 10.4. The third kappa shape index (κ3) is 9.30. The fourth-order valence-electron chi connectivity index (χ4n) is 2.82. The summed E-state index contributed by atoms with van der Waals surface area (Å²) in [5, 5.41) is 27.3. The molecular weight excluding hydrogens is 632 g/mol. The minimum absolute atomic E-state index is 0. The quantitative estimate of drug-likeness (QED) is 0.0327. The molecule has 2 atom stereocenters. The number of aryl methyl sites for hydroxylation is 1. The second-order valence-corrected chi connectivity index (χ2v) is 11.2. The van der Waals surface area contributed by atoms with Crippen LogP contribution in [-0.2, 0) is 46.1 Å². The van der Waals surface area contributed by atoms with Crippen LogP contribution in [0, 0.1) is 0 Å². The average molecular weight is 656 g/mol. The van der Waals surface area contributed by atoms with Crippen LogP contribution < -0.4 is 11.1 Å². The number of aromatic nitrogens is 5. The maximum atomic E-state index is 13.0. The summed E-state index contributed by atoms with van der Waals surface area (Å²) >= 11 is 1.84. The van der Waals surface area contributed by atoms with E-state index in [1.54, 1.807) is 0 Å². The van der Waals surface area contributed by atoms with E-state index in [0.29, 0.717) is 5.16 Å². The van der Waals surface area contributed by atoms with Crippen molar-refractivity contribution >= 4 is 127 Å². The summed E-state index contributed by atoms with van der Waals surface area (Å²) in [5.74, 6) is -4.90. The molecule has 0 bridgehead atoms. The fourth-order valence-corrected chi connectivity index (χ4v) is 4.88. The van der Waals surface area contributed by atoms with Crippen molar-refractivity contribution in [3.63, 3.8) is 0 Å². The van der Waals surface area contributed by atoms with Gasteiger partial charge in [-0.1, -0.05) is 16.9 Å². The average Bonchev–Trinajstić information content (AvgIpc) is 3.45. The zero-order chi connectivity index (χ0) is 29.1. The van der Waals surface area contributed by atoms with Crippen molar-refractivity contribution in [3.8, 4) is 0 Å². The van der Waals surface area contributed by atoms with E-state index in [-0.39, 0.29) is 80.0 Å². The van der Waals surface area contributed by atoms with Crippen LogP contribution in [0.1, 0.15) is 19.5 Å². The summed E-state index contributed by atoms with van der Waals surface area (Å²) in [7, 11) is -3.55. The van der Waals surface area contributed by atoms with E-state index in [0.717, 1.165) is 36.9 Å². The number of ether oxygens (including phenoxy) is 1. The number of β-lactam (4-membered cyclic amide) rings is 1. The molecule has 1 saturated heterocycles. The van der Waals surface area contributed by atoms with Crippen molar-refractivity contribution in [1.29, 1.82) is 0 Å². The molecular formula is C17H23N9Na2O10S3. The topological polar surface area (TPSA) is 271 Å². The van der Waals surface area contributed by atoms with Gasteiger partial charge in [-0.05, 0) is 24.3 Å². The summed E-state index contributed by atoms with van der Waals surface area (Å²) in [6, 6.07) is -3.13. The molecule has 2 aromatic heterocycles. The minimum atomic E-state index is -5.08. The molecule has 0 unspecified atom stereocenters. The Kier molecular flexibility index (Phi) is 13.6. The molecule has 0 spiro atoms. The Bertz CT molecular complexity index is 1430. The van der Waals surface area contributed by atoms with Crippen LogP contribution in [-0.4, -0.2) is 166 Å². The molecule has 1 fully saturated rings. The number of anilines is 1. The van der Waals surface area contributed by atoms with E-state index in [9.17, 15) is 37.3 Å². The Hall–Kier alpha value is -1.89. The van der Waals surface area contributed by atoms with Crippen molar-refractivity contribution in [2.75, 3.05) is 18.1 Å². The molecule has 2 amide bonds. The van der Waals surface area contributed by atoms with Gasteiger partial charge in [-0.2, -0.15) is 8.42 Å². The van der Waals surface area contributed by atoms with Crippen LogP contribution in [0.15, 0.2) is 15.7 Å². The van der Waals surface area contributed by atoms with E-state index < -0.39 is 64.1 Å². The third-order valence-corrected chi connectivity index (χ3v) is 7.49. The number of hydrogen-bond acceptors (Lipinski definition) is 16. The molecule has 0 aromatic carbocycles. The summed E-state index contributed by atoms with van der Waals surface area (Å²) in [6.07, 6.45) is 0. The van der Waals surface area contributed by atoms with Gasteiger partial charge < -0.3 is 25.7 Å². The van der Waals surface area contributed by atoms with Gasteiger partial charge in [0, 0.05) is 12.4 Å². The number of carboxylic acids is 1. The van der Waals surface area contributed by atoms with Crippen molar-refractivity contribution in [2.24, 2.45) is 12.2 Å². The van der Waals surface area contributed by atoms with Gasteiger partial charge in [0.1, 0.15) is 24.4 Å². The van der Waals surface area contributed by atoms with Crippen molar-refractivity contribution in [1.82, 2.24) is 34.8 Å². The van der Waals surface area contributed by atoms with Crippen LogP contribution >= 0.6 is 23.1 Å². The SMILES string of the molecule is Cn1nnnc1SCC(=O)OC[C@H]1[C@@H](NC(=O)/C(=N/OC(C)(C)C(=O)O)c2csc(N)n2)C(=O)N1S(=O)(=O)O.[NaH].[NaH]. The van der Waals surface area contributed by atoms with Crippen LogP contribution in [0.2, 0.25) is 0 Å². The number of hydrogen-bond donors (Lipinski definition) is 4. The van der Waals surface area contributed by atoms with Crippen LogP contribution in [0.25, 0.3) is 0 Å². The Labute approximate surface area is 284 Å². The normalized spacial score (nSPS) is 17.0. The number of rotatable bonds is 12. The first-order chi connectivity index (χ1) is 18.1. The summed E-state index contributed by atoms with van der Waals surface area (Å²) < 4.78 is 39.2. The van der Waals surface area contributed by atoms with Crippen LogP contribution in [0.3, 0.4) is 0 Å². The molecule has 0 radical (unpaired) electrons. The Morgan fingerprint density at radius 1 is 1.32 bits per heavy atom. The number of esters is 1. The summed E-state index contributed by atoms with van der Waals surface area (Å²) in [4.78, 5) is 57.9. The Balaban J connectivity index is 0.00000420. The number of nitrogens with one attached hydrogen (secondary N) is 1. The van der Waals surface area contributed by atoms with Gasteiger partial charge in [0.15, 0.2) is 10.8 Å². The number of thiazole rings is 1. The molecule has 3 rings (SSSR count). The number of carboxylic acid groups (broad SMARTS) is 1. The van der Waals surface area contributed by atoms with Crippen molar-refractivity contribution < 1.29 is 46.8 Å². The van der Waals surface area contributed by atoms with E-state index >= 15 is 0 Å².